The molecule has 19 heteroatoms. The van der Waals surface area contributed by atoms with Crippen molar-refractivity contribution in [1.29, 1.82) is 0 Å². The molecule has 0 unspecified atom stereocenters. The fraction of sp³-hybridized carbons (Fsp3) is 0.611. The number of hydrogen-bond acceptors (Lipinski definition) is 18. The second-order valence-electron chi connectivity index (χ2n) is 19.6. The highest BCUT2D eigenvalue weighted by Gasteiger charge is 2.51. The van der Waals surface area contributed by atoms with E-state index in [0.717, 1.165) is 0 Å². The number of allylic oxidation sites excluding steroid dienone is 12. The fourth-order valence-corrected chi connectivity index (χ4v) is 8.97. The lowest BCUT2D eigenvalue weighted by atomic mass is 9.82. The molecule has 1 aromatic heterocycles. The van der Waals surface area contributed by atoms with Gasteiger partial charge >= 0.3 is 5.97 Å². The Morgan fingerprint density at radius 1 is 0.726 bits per heavy atom. The average molecular weight is 1030 g/mol. The summed E-state index contributed by atoms with van der Waals surface area (Å²) in [5, 5.41) is 113. The summed E-state index contributed by atoms with van der Waals surface area (Å²) in [6, 6.07) is 4.23. The van der Waals surface area contributed by atoms with Crippen molar-refractivity contribution in [3.63, 3.8) is 0 Å². The number of rotatable bonds is 6. The molecule has 408 valence electrons. The van der Waals surface area contributed by atoms with Crippen molar-refractivity contribution in [3.8, 4) is 0 Å². The topological polar surface area (TPSA) is 324 Å². The molecule has 0 aromatic carbocycles. The summed E-state index contributed by atoms with van der Waals surface area (Å²) in [5.41, 5.74) is 6.84. The third kappa shape index (κ3) is 20.7. The molecule has 2 bridgehead atoms. The summed E-state index contributed by atoms with van der Waals surface area (Å²) in [6.45, 7) is 6.94. The summed E-state index contributed by atoms with van der Waals surface area (Å²) in [4.78, 5) is 31.0. The highest BCUT2D eigenvalue weighted by Crippen LogP contribution is 2.38. The minimum Gasteiger partial charge on any atom is -0.462 e. The number of aliphatic hydroxyl groups excluding tert-OH is 9. The Bertz CT molecular complexity index is 2020. The molecule has 2 fully saturated rings. The first kappa shape index (κ1) is 61.3. The summed E-state index contributed by atoms with van der Waals surface area (Å²) in [5.74, 6) is -5.66. The minimum absolute atomic E-state index is 0.0985. The van der Waals surface area contributed by atoms with Crippen molar-refractivity contribution in [3.05, 3.63) is 115 Å². The summed E-state index contributed by atoms with van der Waals surface area (Å²) in [7, 11) is 0. The van der Waals surface area contributed by atoms with E-state index in [2.05, 4.69) is 10.3 Å². The van der Waals surface area contributed by atoms with Gasteiger partial charge in [0.25, 0.3) is 0 Å². The molecule has 19 atom stereocenters. The molecule has 3 aliphatic heterocycles. The van der Waals surface area contributed by atoms with Gasteiger partial charge in [0.1, 0.15) is 12.2 Å². The molecule has 73 heavy (non-hydrogen) atoms. The van der Waals surface area contributed by atoms with Gasteiger partial charge in [0, 0.05) is 62.4 Å². The van der Waals surface area contributed by atoms with Crippen LogP contribution in [0.1, 0.15) is 84.8 Å². The summed E-state index contributed by atoms with van der Waals surface area (Å²) < 4.78 is 23.8. The van der Waals surface area contributed by atoms with Crippen LogP contribution in [0.25, 0.3) is 0 Å². The molecule has 0 aliphatic carbocycles. The molecule has 0 saturated carbocycles. The Morgan fingerprint density at radius 2 is 1.36 bits per heavy atom. The van der Waals surface area contributed by atoms with E-state index >= 15 is 0 Å². The Labute approximate surface area is 428 Å². The third-order valence-corrected chi connectivity index (χ3v) is 13.4. The molecule has 1 aromatic rings. The van der Waals surface area contributed by atoms with Gasteiger partial charge in [-0.05, 0) is 45.2 Å². The van der Waals surface area contributed by atoms with Gasteiger partial charge in [0.05, 0.1) is 85.5 Å². The van der Waals surface area contributed by atoms with Gasteiger partial charge in [-0.3, -0.25) is 14.6 Å². The first-order valence-electron chi connectivity index (χ1n) is 25.3. The number of nitrogens with zero attached hydrogens (tertiary/aromatic N) is 1. The Kier molecular flexibility index (Phi) is 26.0. The van der Waals surface area contributed by atoms with E-state index in [-0.39, 0.29) is 38.1 Å². The van der Waals surface area contributed by atoms with E-state index in [9.17, 15) is 60.7 Å². The van der Waals surface area contributed by atoms with Crippen LogP contribution in [0.3, 0.4) is 0 Å². The maximum absolute atomic E-state index is 14.0. The van der Waals surface area contributed by atoms with Crippen LogP contribution in [0, 0.1) is 17.8 Å². The average Bonchev–Trinajstić information content (AvgIpc) is 3.33. The van der Waals surface area contributed by atoms with Gasteiger partial charge in [-0.1, -0.05) is 105 Å². The predicted octanol–water partition coefficient (Wildman–Crippen LogP) is 1.38. The van der Waals surface area contributed by atoms with Crippen molar-refractivity contribution in [1.82, 2.24) is 10.3 Å². The largest absolute Gasteiger partial charge is 0.462 e. The van der Waals surface area contributed by atoms with Crippen molar-refractivity contribution in [2.75, 3.05) is 6.54 Å². The predicted molar refractivity (Wildman–Crippen MR) is 270 cm³/mol. The van der Waals surface area contributed by atoms with Crippen LogP contribution in [-0.4, -0.2) is 172 Å². The van der Waals surface area contributed by atoms with Crippen molar-refractivity contribution >= 4 is 11.9 Å². The monoisotopic (exact) mass is 1030 g/mol. The number of pyridine rings is 1. The second-order valence-corrected chi connectivity index (χ2v) is 19.6. The molecule has 4 rings (SSSR count). The van der Waals surface area contributed by atoms with E-state index in [1.165, 1.54) is 0 Å². The van der Waals surface area contributed by atoms with Gasteiger partial charge < -0.3 is 81.1 Å². The Hall–Kier alpha value is -4.29. The first-order valence-corrected chi connectivity index (χ1v) is 25.3. The lowest BCUT2D eigenvalue weighted by Crippen LogP contribution is -2.62. The van der Waals surface area contributed by atoms with Crippen molar-refractivity contribution < 1.29 is 79.6 Å². The van der Waals surface area contributed by atoms with E-state index in [1.54, 1.807) is 81.6 Å². The molecule has 0 radical (unpaired) electrons. The number of carbonyl (C=O) groups excluding carboxylic acids is 2. The lowest BCUT2D eigenvalue weighted by Gasteiger charge is -2.46. The molecule has 2 saturated heterocycles. The molecule has 0 spiro atoms. The second kappa shape index (κ2) is 30.9. The van der Waals surface area contributed by atoms with Gasteiger partial charge in [-0.25, -0.2) is 0 Å². The number of ether oxygens (including phenoxy) is 4. The van der Waals surface area contributed by atoms with Gasteiger partial charge in [0.15, 0.2) is 12.1 Å². The first-order chi connectivity index (χ1) is 34.7. The fourth-order valence-electron chi connectivity index (χ4n) is 8.97. The van der Waals surface area contributed by atoms with Crippen LogP contribution < -0.4 is 11.1 Å². The molecule has 19 nitrogen and oxygen atoms in total. The number of hydrogen-bond donors (Lipinski definition) is 12. The van der Waals surface area contributed by atoms with Crippen LogP contribution in [0.15, 0.2) is 109 Å². The van der Waals surface area contributed by atoms with E-state index in [1.807, 2.05) is 55.5 Å². The summed E-state index contributed by atoms with van der Waals surface area (Å²) >= 11 is 0. The van der Waals surface area contributed by atoms with Crippen molar-refractivity contribution in [2.45, 2.75) is 183 Å². The van der Waals surface area contributed by atoms with E-state index in [4.69, 9.17) is 24.7 Å². The van der Waals surface area contributed by atoms with Crippen LogP contribution in [-0.2, 0) is 35.0 Å². The smallest absolute Gasteiger partial charge is 0.308 e. The van der Waals surface area contributed by atoms with Crippen LogP contribution >= 0.6 is 0 Å². The normalized spacial score (nSPS) is 38.6. The van der Waals surface area contributed by atoms with Gasteiger partial charge in [0.2, 0.25) is 5.91 Å². The quantitative estimate of drug-likeness (QED) is 0.179. The summed E-state index contributed by atoms with van der Waals surface area (Å²) in [6.07, 6.45) is 6.58. The number of aromatic nitrogens is 1. The van der Waals surface area contributed by atoms with Gasteiger partial charge in [-0.15, -0.1) is 0 Å². The molecule has 3 aliphatic rings. The third-order valence-electron chi connectivity index (χ3n) is 13.4. The van der Waals surface area contributed by atoms with Crippen LogP contribution in [0.2, 0.25) is 0 Å². The number of amides is 1. The van der Waals surface area contributed by atoms with Crippen LogP contribution in [0.5, 0.6) is 0 Å². The lowest BCUT2D eigenvalue weighted by molar-refractivity contribution is -0.307. The zero-order valence-corrected chi connectivity index (χ0v) is 42.3. The number of carbonyl (C=O) groups is 2. The van der Waals surface area contributed by atoms with E-state index in [0.29, 0.717) is 12.1 Å². The number of esters is 1. The maximum Gasteiger partial charge on any atom is 0.308 e. The number of fused-ring (bicyclic) bond motifs is 2. The van der Waals surface area contributed by atoms with Crippen LogP contribution in [0.4, 0.5) is 0 Å². The highest BCUT2D eigenvalue weighted by atomic mass is 16.7. The number of nitrogens with one attached hydrogen (secondary N) is 1. The molecule has 4 heterocycles. The maximum atomic E-state index is 14.0. The zero-order valence-electron chi connectivity index (χ0n) is 42.3. The molecule has 13 N–H and O–H groups in total. The minimum atomic E-state index is -2.28. The Morgan fingerprint density at radius 3 is 1.99 bits per heavy atom. The SMILES string of the molecule is C[C@@H]1[C@H](O)[C@@H](C)C=CC=CC=CC=CC=CC=CC=C[C@H](O[C@@H]2O[C@H](C)[C@@H](O)[C@H](N)[C@@H]2O)C[C@@H]2O[C@](O)(C[C@@H](O)C[C@@H](O)[C@H](O)CC[C@@H](O)C[C@@H](O)CC(=O)O[C@H]1C)C[C@H](O)[C@H]2C(=O)NCCc1ccccn1. The highest BCUT2D eigenvalue weighted by molar-refractivity contribution is 5.80. The standard InChI is InChI=1S/C54H81N3O16/c1-33-19-15-13-11-9-7-5-6-8-10-12-14-16-21-41(72-53-51(67)48(55)50(66)36(4)71-53)30-45-47(52(68)57-26-24-37-20-17-18-25-56-37)44(63)32-54(69,73-45)31-40(60)28-43(62)42(61)23-22-38(58)27-39(59)29-46(64)70-35(3)34(2)49(33)65/h5-21,25,33-36,38-45,47-51,53,58-63,65-67,69H,22-24,26-32,55H2,1-4H3,(H,57,68)/t33-,34-,35-,36+,38+,39+,40-,41-,42+,43+,44-,45-,47+,48-,49+,50+,51-,53-,54+/m0/s1. The number of nitrogens with two attached hydrogens (primary N) is 1. The van der Waals surface area contributed by atoms with Crippen molar-refractivity contribution in [2.24, 2.45) is 23.5 Å². The molecular weight excluding hydrogens is 947 g/mol. The number of cyclic esters (lactones) is 1. The number of aliphatic hydroxyl groups is 10. The molecule has 1 amide bonds. The van der Waals surface area contributed by atoms with Gasteiger partial charge in [-0.2, -0.15) is 0 Å². The van der Waals surface area contributed by atoms with E-state index < -0.39 is 147 Å². The Balaban J connectivity index is 1.60. The zero-order chi connectivity index (χ0) is 53.7. The molecular formula is C54H81N3O16.